The van der Waals surface area contributed by atoms with Gasteiger partial charge in [-0.1, -0.05) is 16.9 Å². The smallest absolute Gasteiger partial charge is 0.244 e. The third-order valence-electron chi connectivity index (χ3n) is 1.89. The summed E-state index contributed by atoms with van der Waals surface area (Å²) in [7, 11) is 0. The van der Waals surface area contributed by atoms with Crippen LogP contribution in [0.3, 0.4) is 0 Å². The van der Waals surface area contributed by atoms with Crippen LogP contribution in [0.2, 0.25) is 0 Å². The molecule has 0 N–H and O–H groups in total. The molecule has 1 aliphatic carbocycles. The van der Waals surface area contributed by atoms with E-state index in [0.29, 0.717) is 5.69 Å². The van der Waals surface area contributed by atoms with Crippen LogP contribution in [0.15, 0.2) is 11.2 Å². The fourth-order valence-electron chi connectivity index (χ4n) is 1.10. The zero-order valence-corrected chi connectivity index (χ0v) is 6.13. The average Bonchev–Trinajstić information content (AvgIpc) is 2.51. The molecule has 0 spiro atoms. The second kappa shape index (κ2) is 2.12. The van der Waals surface area contributed by atoms with Crippen molar-refractivity contribution in [2.75, 3.05) is 0 Å². The van der Waals surface area contributed by atoms with Gasteiger partial charge in [0.05, 0.1) is 5.92 Å². The molecule has 0 aromatic carbocycles. The van der Waals surface area contributed by atoms with Crippen molar-refractivity contribution in [2.45, 2.75) is 18.3 Å². The van der Waals surface area contributed by atoms with E-state index >= 15 is 0 Å². The predicted octanol–water partition coefficient (Wildman–Crippen LogP) is 1.84. The molecule has 1 aromatic rings. The standard InChI is InChI=1S/C7H6F2N2O/c1-2-5-6(11-12-10-5)4-3-7(4,8)9/h2,4H,1,3H2. The van der Waals surface area contributed by atoms with Gasteiger partial charge in [0.25, 0.3) is 5.92 Å². The van der Waals surface area contributed by atoms with Gasteiger partial charge in [0, 0.05) is 6.42 Å². The Balaban J connectivity index is 2.30. The highest BCUT2D eigenvalue weighted by atomic mass is 19.3. The van der Waals surface area contributed by atoms with Gasteiger partial charge in [0.1, 0.15) is 11.4 Å². The van der Waals surface area contributed by atoms with Crippen LogP contribution in [-0.2, 0) is 0 Å². The molecule has 1 aliphatic rings. The third kappa shape index (κ3) is 0.929. The van der Waals surface area contributed by atoms with Gasteiger partial charge >= 0.3 is 0 Å². The highest BCUT2D eigenvalue weighted by molar-refractivity contribution is 5.46. The van der Waals surface area contributed by atoms with Crippen LogP contribution < -0.4 is 0 Å². The average molecular weight is 172 g/mol. The summed E-state index contributed by atoms with van der Waals surface area (Å²) >= 11 is 0. The first kappa shape index (κ1) is 7.39. The monoisotopic (exact) mass is 172 g/mol. The van der Waals surface area contributed by atoms with E-state index < -0.39 is 11.8 Å². The predicted molar refractivity (Wildman–Crippen MR) is 36.7 cm³/mol. The second-order valence-electron chi connectivity index (χ2n) is 2.76. The summed E-state index contributed by atoms with van der Waals surface area (Å²) in [5.41, 5.74) is 0.534. The fourth-order valence-corrected chi connectivity index (χ4v) is 1.10. The number of rotatable bonds is 2. The van der Waals surface area contributed by atoms with Crippen molar-refractivity contribution in [3.8, 4) is 0 Å². The Morgan fingerprint density at radius 2 is 2.25 bits per heavy atom. The summed E-state index contributed by atoms with van der Waals surface area (Å²) in [5, 5.41) is 6.83. The molecule has 64 valence electrons. The first-order valence-electron chi connectivity index (χ1n) is 3.48. The molecule has 0 amide bonds. The lowest BCUT2D eigenvalue weighted by molar-refractivity contribution is 0.111. The van der Waals surface area contributed by atoms with E-state index in [-0.39, 0.29) is 12.1 Å². The van der Waals surface area contributed by atoms with Gasteiger partial charge in [-0.25, -0.2) is 13.4 Å². The molecule has 1 atom stereocenters. The summed E-state index contributed by atoms with van der Waals surface area (Å²) in [4.78, 5) is 0. The molecule has 0 aliphatic heterocycles. The van der Waals surface area contributed by atoms with E-state index in [1.807, 2.05) is 0 Å². The van der Waals surface area contributed by atoms with Crippen molar-refractivity contribution in [1.82, 2.24) is 10.3 Å². The lowest BCUT2D eigenvalue weighted by Gasteiger charge is -1.91. The Morgan fingerprint density at radius 1 is 1.58 bits per heavy atom. The van der Waals surface area contributed by atoms with Crippen LogP contribution in [0.4, 0.5) is 8.78 Å². The van der Waals surface area contributed by atoms with Crippen LogP contribution in [0, 0.1) is 0 Å². The van der Waals surface area contributed by atoms with Crippen LogP contribution in [0.1, 0.15) is 23.7 Å². The normalized spacial score (nSPS) is 25.3. The number of hydrogen-bond donors (Lipinski definition) is 0. The van der Waals surface area contributed by atoms with Crippen molar-refractivity contribution in [3.05, 3.63) is 18.0 Å². The number of alkyl halides is 2. The summed E-state index contributed by atoms with van der Waals surface area (Å²) in [6, 6.07) is 0. The maximum absolute atomic E-state index is 12.5. The minimum atomic E-state index is -2.63. The van der Waals surface area contributed by atoms with Gasteiger partial charge in [-0.2, -0.15) is 0 Å². The lowest BCUT2D eigenvalue weighted by atomic mass is 10.2. The van der Waals surface area contributed by atoms with Crippen molar-refractivity contribution in [3.63, 3.8) is 0 Å². The molecule has 3 nitrogen and oxygen atoms in total. The first-order valence-corrected chi connectivity index (χ1v) is 3.48. The van der Waals surface area contributed by atoms with Gasteiger partial charge in [-0.15, -0.1) is 0 Å². The molecule has 5 heteroatoms. The second-order valence-corrected chi connectivity index (χ2v) is 2.76. The molecular formula is C7H6F2N2O. The van der Waals surface area contributed by atoms with Crippen molar-refractivity contribution in [2.24, 2.45) is 0 Å². The van der Waals surface area contributed by atoms with Crippen LogP contribution in [0.5, 0.6) is 0 Å². The number of nitrogens with zero attached hydrogens (tertiary/aromatic N) is 2. The highest BCUT2D eigenvalue weighted by Crippen LogP contribution is 2.55. The van der Waals surface area contributed by atoms with Gasteiger partial charge in [-0.05, 0) is 6.08 Å². The highest BCUT2D eigenvalue weighted by Gasteiger charge is 2.60. The molecule has 0 saturated heterocycles. The van der Waals surface area contributed by atoms with E-state index in [9.17, 15) is 8.78 Å². The van der Waals surface area contributed by atoms with E-state index in [1.165, 1.54) is 6.08 Å². The topological polar surface area (TPSA) is 38.9 Å². The summed E-state index contributed by atoms with van der Waals surface area (Å²) < 4.78 is 29.4. The molecule has 12 heavy (non-hydrogen) atoms. The van der Waals surface area contributed by atoms with Crippen molar-refractivity contribution < 1.29 is 13.4 Å². The maximum atomic E-state index is 12.5. The van der Waals surface area contributed by atoms with Gasteiger partial charge in [0.2, 0.25) is 0 Å². The molecule has 0 radical (unpaired) electrons. The SMILES string of the molecule is C=Cc1nonc1C1CC1(F)F. The van der Waals surface area contributed by atoms with Gasteiger partial charge in [0.15, 0.2) is 0 Å². The van der Waals surface area contributed by atoms with Crippen LogP contribution >= 0.6 is 0 Å². The lowest BCUT2D eigenvalue weighted by Crippen LogP contribution is -1.94. The molecule has 2 rings (SSSR count). The molecular weight excluding hydrogens is 166 g/mol. The summed E-state index contributed by atoms with van der Waals surface area (Å²) in [6.07, 6.45) is 1.20. The van der Waals surface area contributed by atoms with E-state index in [1.54, 1.807) is 0 Å². The van der Waals surface area contributed by atoms with E-state index in [2.05, 4.69) is 21.5 Å². The Morgan fingerprint density at radius 3 is 2.75 bits per heavy atom. The summed E-state index contributed by atoms with van der Waals surface area (Å²) in [6.45, 7) is 3.41. The molecule has 1 fully saturated rings. The summed E-state index contributed by atoms with van der Waals surface area (Å²) in [5.74, 6) is -3.45. The van der Waals surface area contributed by atoms with Crippen molar-refractivity contribution in [1.29, 1.82) is 0 Å². The Bertz CT molecular complexity index is 321. The molecule has 1 saturated carbocycles. The van der Waals surface area contributed by atoms with Gasteiger partial charge < -0.3 is 0 Å². The largest absolute Gasteiger partial charge is 0.257 e. The molecule has 1 aromatic heterocycles. The van der Waals surface area contributed by atoms with Crippen molar-refractivity contribution >= 4 is 6.08 Å². The van der Waals surface area contributed by atoms with E-state index in [4.69, 9.17) is 0 Å². The van der Waals surface area contributed by atoms with Gasteiger partial charge in [-0.3, -0.25) is 0 Å². The fraction of sp³-hybridized carbons (Fsp3) is 0.429. The maximum Gasteiger partial charge on any atom is 0.257 e. The molecule has 1 heterocycles. The minimum absolute atomic E-state index is 0.165. The third-order valence-corrected chi connectivity index (χ3v) is 1.89. The Hall–Kier alpha value is -1.26. The van der Waals surface area contributed by atoms with Crippen LogP contribution in [-0.4, -0.2) is 16.2 Å². The number of halogens is 2. The Kier molecular flexibility index (Phi) is 1.31. The zero-order valence-electron chi connectivity index (χ0n) is 6.13. The first-order chi connectivity index (χ1) is 5.65. The van der Waals surface area contributed by atoms with E-state index in [0.717, 1.165) is 0 Å². The molecule has 0 bridgehead atoms. The zero-order chi connectivity index (χ0) is 8.77. The quantitative estimate of drug-likeness (QED) is 0.683. The number of aromatic nitrogens is 2. The molecule has 1 unspecified atom stereocenters. The number of hydrogen-bond acceptors (Lipinski definition) is 3. The van der Waals surface area contributed by atoms with Crippen LogP contribution in [0.25, 0.3) is 6.08 Å². The Labute approximate surface area is 67.0 Å². The minimum Gasteiger partial charge on any atom is -0.244 e.